The van der Waals surface area contributed by atoms with Gasteiger partial charge in [-0.05, 0) is 43.0 Å². The number of hydrogen-bond acceptors (Lipinski definition) is 7. The van der Waals surface area contributed by atoms with E-state index >= 15 is 0 Å². The molecule has 218 valence electrons. The monoisotopic (exact) mass is 565 g/mol. The summed E-state index contributed by atoms with van der Waals surface area (Å²) in [5.41, 5.74) is 1.86. The van der Waals surface area contributed by atoms with Gasteiger partial charge in [0.1, 0.15) is 23.4 Å². The Hall–Kier alpha value is -4.67. The highest BCUT2D eigenvalue weighted by atomic mass is 16.5. The van der Waals surface area contributed by atoms with E-state index in [1.807, 2.05) is 0 Å². The predicted octanol–water partition coefficient (Wildman–Crippen LogP) is 2.03. The molecule has 2 aromatic carbocycles. The number of rotatable bonds is 12. The first-order valence-corrected chi connectivity index (χ1v) is 13.2. The van der Waals surface area contributed by atoms with Gasteiger partial charge in [0, 0.05) is 17.4 Å². The smallest absolute Gasteiger partial charge is 0.340 e. The minimum atomic E-state index is -1.20. The fraction of sp³-hybridized carbons (Fsp3) is 0.367. The highest BCUT2D eigenvalue weighted by Gasteiger charge is 2.29. The van der Waals surface area contributed by atoms with Crippen LogP contribution in [0.5, 0.6) is 5.75 Å². The van der Waals surface area contributed by atoms with Crippen molar-refractivity contribution in [2.75, 3.05) is 13.7 Å². The molecule has 0 aliphatic heterocycles. The lowest BCUT2D eigenvalue weighted by Gasteiger charge is -2.24. The van der Waals surface area contributed by atoms with Crippen molar-refractivity contribution in [1.29, 1.82) is 0 Å². The van der Waals surface area contributed by atoms with Crippen LogP contribution in [0.4, 0.5) is 0 Å². The number of methoxy groups -OCH3 is 1. The van der Waals surface area contributed by atoms with Crippen molar-refractivity contribution >= 4 is 34.7 Å². The third-order valence-electron chi connectivity index (χ3n) is 6.82. The molecule has 41 heavy (non-hydrogen) atoms. The number of hydrogen-bond donors (Lipinski definition) is 4. The minimum Gasteiger partial charge on any atom is -0.496 e. The van der Waals surface area contributed by atoms with Gasteiger partial charge in [-0.25, -0.2) is 9.59 Å². The zero-order valence-corrected chi connectivity index (χ0v) is 23.7. The van der Waals surface area contributed by atoms with Crippen molar-refractivity contribution in [2.45, 2.75) is 52.6 Å². The molecule has 0 bridgehead atoms. The molecule has 1 aromatic heterocycles. The number of aryl methyl sites for hydroxylation is 2. The maximum atomic E-state index is 12.9. The van der Waals surface area contributed by atoms with Crippen LogP contribution in [0, 0.1) is 19.8 Å². The molecule has 1 heterocycles. The highest BCUT2D eigenvalue weighted by molar-refractivity contribution is 5.93. The first kappa shape index (κ1) is 30.9. The molecule has 0 saturated carbocycles. The van der Waals surface area contributed by atoms with Crippen LogP contribution in [-0.2, 0) is 32.0 Å². The molecular weight excluding hydrogens is 530 g/mol. The summed E-state index contributed by atoms with van der Waals surface area (Å²) >= 11 is 0. The van der Waals surface area contributed by atoms with Gasteiger partial charge >= 0.3 is 11.6 Å². The molecule has 0 fully saturated rings. The third kappa shape index (κ3) is 7.71. The molecular formula is C30H35N3O8. The molecule has 4 N–H and O–H groups in total. The number of carboxylic acid groups (broad SMARTS) is 1. The summed E-state index contributed by atoms with van der Waals surface area (Å²) in [6.45, 7) is 6.44. The van der Waals surface area contributed by atoms with Gasteiger partial charge in [-0.15, -0.1) is 0 Å². The summed E-state index contributed by atoms with van der Waals surface area (Å²) in [7, 11) is 1.52. The Morgan fingerprint density at radius 3 is 2.24 bits per heavy atom. The molecule has 0 spiro atoms. The van der Waals surface area contributed by atoms with Crippen molar-refractivity contribution in [3.8, 4) is 5.75 Å². The van der Waals surface area contributed by atoms with E-state index in [4.69, 9.17) is 9.15 Å². The number of aliphatic carboxylic acids is 1. The second kappa shape index (κ2) is 13.6. The number of ether oxygens (including phenoxy) is 1. The lowest BCUT2D eigenvalue weighted by molar-refractivity contribution is -0.142. The Morgan fingerprint density at radius 2 is 1.63 bits per heavy atom. The normalized spacial score (nSPS) is 12.4. The Balaban J connectivity index is 1.62. The highest BCUT2D eigenvalue weighted by Crippen LogP contribution is 2.29. The predicted molar refractivity (Wildman–Crippen MR) is 152 cm³/mol. The summed E-state index contributed by atoms with van der Waals surface area (Å²) in [6.07, 6.45) is -0.234. The number of carbonyl (C=O) groups excluding carboxylic acids is 3. The van der Waals surface area contributed by atoms with Gasteiger partial charge in [0.15, 0.2) is 0 Å². The molecule has 2 unspecified atom stereocenters. The summed E-state index contributed by atoms with van der Waals surface area (Å²) in [6, 6.07) is 10.1. The Bertz CT molecular complexity index is 1500. The van der Waals surface area contributed by atoms with E-state index in [0.717, 1.165) is 5.56 Å². The van der Waals surface area contributed by atoms with Crippen molar-refractivity contribution in [1.82, 2.24) is 16.0 Å². The van der Waals surface area contributed by atoms with Crippen LogP contribution in [0.25, 0.3) is 11.0 Å². The van der Waals surface area contributed by atoms with Crippen LogP contribution in [0.2, 0.25) is 0 Å². The molecule has 11 heteroatoms. The number of carboxylic acids is 1. The maximum Gasteiger partial charge on any atom is 0.340 e. The fourth-order valence-electron chi connectivity index (χ4n) is 4.47. The van der Waals surface area contributed by atoms with Crippen LogP contribution >= 0.6 is 0 Å². The van der Waals surface area contributed by atoms with Crippen molar-refractivity contribution in [3.05, 3.63) is 75.1 Å². The van der Waals surface area contributed by atoms with Crippen LogP contribution in [0.3, 0.4) is 0 Å². The number of amides is 3. The number of nitrogens with one attached hydrogen (secondary N) is 3. The molecule has 0 saturated heterocycles. The van der Waals surface area contributed by atoms with Crippen LogP contribution in [0.1, 0.15) is 36.1 Å². The number of fused-ring (bicyclic) bond motifs is 1. The minimum absolute atomic E-state index is 0.0754. The number of carbonyl (C=O) groups is 4. The second-order valence-corrected chi connectivity index (χ2v) is 10.1. The number of benzene rings is 2. The Labute approximate surface area is 237 Å². The maximum absolute atomic E-state index is 12.9. The summed E-state index contributed by atoms with van der Waals surface area (Å²) in [5, 5.41) is 17.8. The van der Waals surface area contributed by atoms with Crippen LogP contribution < -0.4 is 26.3 Å². The van der Waals surface area contributed by atoms with E-state index in [1.165, 1.54) is 7.11 Å². The molecule has 3 amide bonds. The molecule has 0 radical (unpaired) electrons. The Morgan fingerprint density at radius 1 is 0.951 bits per heavy atom. The van der Waals surface area contributed by atoms with Crippen molar-refractivity contribution in [2.24, 2.45) is 5.92 Å². The Kier molecular flexibility index (Phi) is 10.2. The van der Waals surface area contributed by atoms with Crippen LogP contribution in [0.15, 0.2) is 51.7 Å². The van der Waals surface area contributed by atoms with Gasteiger partial charge in [-0.2, -0.15) is 0 Å². The molecule has 2 atom stereocenters. The molecule has 0 aliphatic rings. The van der Waals surface area contributed by atoms with E-state index in [9.17, 15) is 29.1 Å². The van der Waals surface area contributed by atoms with Gasteiger partial charge in [0.05, 0.1) is 25.6 Å². The standard InChI is InChI=1S/C30H35N3O8/c1-16(2)26(28(36)32-22(29(37)38)13-19-9-7-6-8-10-19)33-25(35)15-31-24(34)14-21-17(3)20-11-12-23(40-5)18(4)27(20)41-30(21)39/h6-12,16,22,26H,13-15H2,1-5H3,(H,31,34)(H,32,36)(H,33,35)(H,37,38). The summed E-state index contributed by atoms with van der Waals surface area (Å²) in [4.78, 5) is 62.6. The largest absolute Gasteiger partial charge is 0.496 e. The fourth-order valence-corrected chi connectivity index (χ4v) is 4.47. The lowest BCUT2D eigenvalue weighted by Crippen LogP contribution is -2.55. The van der Waals surface area contributed by atoms with Gasteiger partial charge in [0.2, 0.25) is 17.7 Å². The third-order valence-corrected chi connectivity index (χ3v) is 6.82. The lowest BCUT2D eigenvalue weighted by atomic mass is 10.0. The zero-order valence-electron chi connectivity index (χ0n) is 23.7. The quantitative estimate of drug-likeness (QED) is 0.242. The SMILES string of the molecule is COc1ccc2c(C)c(CC(=O)NCC(=O)NC(C(=O)NC(Cc3ccccc3)C(=O)O)C(C)C)c(=O)oc2c1C. The zero-order chi connectivity index (χ0) is 30.3. The molecule has 11 nitrogen and oxygen atoms in total. The average molecular weight is 566 g/mol. The first-order valence-electron chi connectivity index (χ1n) is 13.2. The van der Waals surface area contributed by atoms with E-state index < -0.39 is 47.9 Å². The van der Waals surface area contributed by atoms with E-state index in [1.54, 1.807) is 70.2 Å². The van der Waals surface area contributed by atoms with Gasteiger partial charge in [-0.1, -0.05) is 44.2 Å². The van der Waals surface area contributed by atoms with E-state index in [2.05, 4.69) is 16.0 Å². The molecule has 0 aliphatic carbocycles. The van der Waals surface area contributed by atoms with Gasteiger partial charge in [0.25, 0.3) is 0 Å². The molecule has 3 aromatic rings. The summed E-state index contributed by atoms with van der Waals surface area (Å²) in [5.74, 6) is -2.88. The van der Waals surface area contributed by atoms with Gasteiger partial charge in [-0.3, -0.25) is 14.4 Å². The van der Waals surface area contributed by atoms with E-state index in [0.29, 0.717) is 27.8 Å². The summed E-state index contributed by atoms with van der Waals surface area (Å²) < 4.78 is 10.8. The van der Waals surface area contributed by atoms with Gasteiger partial charge < -0.3 is 30.2 Å². The first-order chi connectivity index (χ1) is 19.4. The van der Waals surface area contributed by atoms with Crippen molar-refractivity contribution in [3.63, 3.8) is 0 Å². The second-order valence-electron chi connectivity index (χ2n) is 10.1. The van der Waals surface area contributed by atoms with Crippen LogP contribution in [-0.4, -0.2) is 54.5 Å². The average Bonchev–Trinajstić information content (AvgIpc) is 2.93. The van der Waals surface area contributed by atoms with Crippen molar-refractivity contribution < 1.29 is 33.4 Å². The molecule has 3 rings (SSSR count). The topological polar surface area (TPSA) is 164 Å². The van der Waals surface area contributed by atoms with E-state index in [-0.39, 0.29) is 24.3 Å².